The van der Waals surface area contributed by atoms with Crippen LogP contribution in [0.4, 0.5) is 0 Å². The van der Waals surface area contributed by atoms with Crippen molar-refractivity contribution < 1.29 is 13.2 Å². The molecular formula is C10H15N3O3S. The predicted molar refractivity (Wildman–Crippen MR) is 61.8 cm³/mol. The molecule has 4 N–H and O–H groups in total. The maximum Gasteiger partial charge on any atom is 0.267 e. The van der Waals surface area contributed by atoms with E-state index >= 15 is 0 Å². The Balaban J connectivity index is 2.03. The molecule has 0 atom stereocenters. The van der Waals surface area contributed by atoms with Gasteiger partial charge in [0, 0.05) is 12.2 Å². The molecule has 94 valence electrons. The van der Waals surface area contributed by atoms with E-state index in [1.807, 2.05) is 0 Å². The molecular weight excluding hydrogens is 242 g/mol. The highest BCUT2D eigenvalue weighted by Gasteiger charge is 2.27. The third-order valence-corrected chi connectivity index (χ3v) is 3.83. The van der Waals surface area contributed by atoms with E-state index in [4.69, 9.17) is 5.14 Å². The van der Waals surface area contributed by atoms with E-state index in [1.54, 1.807) is 0 Å². The average molecular weight is 257 g/mol. The summed E-state index contributed by atoms with van der Waals surface area (Å²) in [5, 5.41) is 7.77. The number of nitrogens with one attached hydrogen (secondary N) is 2. The van der Waals surface area contributed by atoms with Crippen LogP contribution in [0.3, 0.4) is 0 Å². The third-order valence-electron chi connectivity index (χ3n) is 2.94. The summed E-state index contributed by atoms with van der Waals surface area (Å²) in [6.07, 6.45) is 3.15. The number of carbonyl (C=O) groups excluding carboxylic acids is 1. The van der Waals surface area contributed by atoms with Gasteiger partial charge in [0.05, 0.1) is 4.90 Å². The predicted octanol–water partition coefficient (Wildman–Crippen LogP) is 0.190. The standard InChI is InChI=1S/C10H15N3O3S/c1-6-2-7(3-6)13-10(14)9-4-8(5-12-9)17(11,15)16/h4-7,12H,2-3H2,1H3,(H,13,14)(H2,11,15,16). The zero-order valence-corrected chi connectivity index (χ0v) is 10.3. The van der Waals surface area contributed by atoms with Crippen molar-refractivity contribution in [3.05, 3.63) is 18.0 Å². The minimum Gasteiger partial charge on any atom is -0.356 e. The number of aromatic amines is 1. The number of sulfonamides is 1. The Morgan fingerprint density at radius 2 is 2.18 bits per heavy atom. The van der Waals surface area contributed by atoms with E-state index in [-0.39, 0.29) is 22.5 Å². The van der Waals surface area contributed by atoms with Crippen molar-refractivity contribution in [2.45, 2.75) is 30.7 Å². The molecule has 1 saturated carbocycles. The number of aromatic nitrogens is 1. The second-order valence-corrected chi connectivity index (χ2v) is 6.10. The largest absolute Gasteiger partial charge is 0.356 e. The maximum absolute atomic E-state index is 11.7. The van der Waals surface area contributed by atoms with Crippen LogP contribution in [0.1, 0.15) is 30.3 Å². The van der Waals surface area contributed by atoms with E-state index in [0.717, 1.165) is 12.8 Å². The van der Waals surface area contributed by atoms with Crippen molar-refractivity contribution in [1.82, 2.24) is 10.3 Å². The Bertz CT molecular complexity index is 529. The quantitative estimate of drug-likeness (QED) is 0.719. The number of hydrogen-bond donors (Lipinski definition) is 3. The van der Waals surface area contributed by atoms with Crippen LogP contribution in [0.2, 0.25) is 0 Å². The summed E-state index contributed by atoms with van der Waals surface area (Å²) in [7, 11) is -3.76. The topological polar surface area (TPSA) is 105 Å². The van der Waals surface area contributed by atoms with Crippen molar-refractivity contribution >= 4 is 15.9 Å². The first kappa shape index (κ1) is 12.1. The first-order valence-corrected chi connectivity index (χ1v) is 6.93. The summed E-state index contributed by atoms with van der Waals surface area (Å²) in [4.78, 5) is 14.2. The summed E-state index contributed by atoms with van der Waals surface area (Å²) in [5.41, 5.74) is 0.216. The molecule has 6 nitrogen and oxygen atoms in total. The van der Waals surface area contributed by atoms with Crippen LogP contribution < -0.4 is 10.5 Å². The van der Waals surface area contributed by atoms with Gasteiger partial charge in [-0.05, 0) is 24.8 Å². The van der Waals surface area contributed by atoms with Gasteiger partial charge in [-0.1, -0.05) is 6.92 Å². The molecule has 0 aliphatic heterocycles. The molecule has 7 heteroatoms. The van der Waals surface area contributed by atoms with Gasteiger partial charge in [0.15, 0.2) is 0 Å². The van der Waals surface area contributed by atoms with E-state index in [0.29, 0.717) is 5.92 Å². The summed E-state index contributed by atoms with van der Waals surface area (Å²) in [6.45, 7) is 2.12. The Morgan fingerprint density at radius 3 is 2.65 bits per heavy atom. The Labute approximate surface area is 99.6 Å². The van der Waals surface area contributed by atoms with Gasteiger partial charge in [-0.2, -0.15) is 0 Å². The number of primary sulfonamides is 1. The lowest BCUT2D eigenvalue weighted by atomic mass is 9.82. The van der Waals surface area contributed by atoms with Gasteiger partial charge in [-0.3, -0.25) is 4.79 Å². The van der Waals surface area contributed by atoms with Crippen LogP contribution in [0.25, 0.3) is 0 Å². The van der Waals surface area contributed by atoms with Crippen molar-refractivity contribution in [2.24, 2.45) is 11.1 Å². The molecule has 0 unspecified atom stereocenters. The monoisotopic (exact) mass is 257 g/mol. The van der Waals surface area contributed by atoms with Crippen LogP contribution >= 0.6 is 0 Å². The maximum atomic E-state index is 11.7. The average Bonchev–Trinajstić information content (AvgIpc) is 2.63. The molecule has 1 amide bonds. The molecule has 2 rings (SSSR count). The second kappa shape index (κ2) is 4.15. The number of carbonyl (C=O) groups is 1. The van der Waals surface area contributed by atoms with Gasteiger partial charge in [0.1, 0.15) is 5.69 Å². The van der Waals surface area contributed by atoms with E-state index in [2.05, 4.69) is 17.2 Å². The first-order chi connectivity index (χ1) is 7.86. The van der Waals surface area contributed by atoms with Gasteiger partial charge in [-0.25, -0.2) is 13.6 Å². The van der Waals surface area contributed by atoms with Gasteiger partial charge in [0.25, 0.3) is 5.91 Å². The first-order valence-electron chi connectivity index (χ1n) is 5.38. The summed E-state index contributed by atoms with van der Waals surface area (Å²) >= 11 is 0. The molecule has 1 aromatic heterocycles. The van der Waals surface area contributed by atoms with Crippen LogP contribution in [0, 0.1) is 5.92 Å². The minimum absolute atomic E-state index is 0.0790. The summed E-state index contributed by atoms with van der Waals surface area (Å²) in [5.74, 6) is 0.348. The molecule has 1 heterocycles. The SMILES string of the molecule is CC1CC(NC(=O)c2cc(S(N)(=O)=O)c[nH]2)C1. The van der Waals surface area contributed by atoms with Crippen LogP contribution in [-0.4, -0.2) is 25.4 Å². The number of amides is 1. The normalized spacial score (nSPS) is 24.1. The van der Waals surface area contributed by atoms with E-state index < -0.39 is 10.0 Å². The van der Waals surface area contributed by atoms with Crippen LogP contribution in [-0.2, 0) is 10.0 Å². The van der Waals surface area contributed by atoms with Gasteiger partial charge < -0.3 is 10.3 Å². The number of rotatable bonds is 3. The van der Waals surface area contributed by atoms with Crippen molar-refractivity contribution in [3.63, 3.8) is 0 Å². The van der Waals surface area contributed by atoms with E-state index in [1.165, 1.54) is 12.3 Å². The second-order valence-electron chi connectivity index (χ2n) is 4.54. The Kier molecular flexibility index (Phi) is 2.96. The molecule has 0 spiro atoms. The molecule has 17 heavy (non-hydrogen) atoms. The zero-order valence-electron chi connectivity index (χ0n) is 9.43. The lowest BCUT2D eigenvalue weighted by Crippen LogP contribution is -2.43. The van der Waals surface area contributed by atoms with Crippen LogP contribution in [0.15, 0.2) is 17.2 Å². The number of nitrogens with two attached hydrogens (primary N) is 1. The molecule has 0 radical (unpaired) electrons. The third kappa shape index (κ3) is 2.67. The lowest BCUT2D eigenvalue weighted by molar-refractivity contribution is 0.0891. The van der Waals surface area contributed by atoms with Crippen molar-refractivity contribution in [3.8, 4) is 0 Å². The fourth-order valence-electron chi connectivity index (χ4n) is 1.95. The molecule has 0 saturated heterocycles. The lowest BCUT2D eigenvalue weighted by Gasteiger charge is -2.33. The Hall–Kier alpha value is -1.34. The highest BCUT2D eigenvalue weighted by atomic mass is 32.2. The number of H-pyrrole nitrogens is 1. The fraction of sp³-hybridized carbons (Fsp3) is 0.500. The highest BCUT2D eigenvalue weighted by molar-refractivity contribution is 7.89. The molecule has 0 bridgehead atoms. The van der Waals surface area contributed by atoms with Crippen LogP contribution in [0.5, 0.6) is 0 Å². The molecule has 1 aliphatic carbocycles. The summed E-state index contributed by atoms with van der Waals surface area (Å²) < 4.78 is 22.1. The fourth-order valence-corrected chi connectivity index (χ4v) is 2.46. The Morgan fingerprint density at radius 1 is 1.53 bits per heavy atom. The summed E-state index contributed by atoms with van der Waals surface area (Å²) in [6, 6.07) is 1.44. The highest BCUT2D eigenvalue weighted by Crippen LogP contribution is 2.26. The van der Waals surface area contributed by atoms with Crippen molar-refractivity contribution in [2.75, 3.05) is 0 Å². The van der Waals surface area contributed by atoms with E-state index in [9.17, 15) is 13.2 Å². The number of hydrogen-bond acceptors (Lipinski definition) is 3. The minimum atomic E-state index is -3.76. The smallest absolute Gasteiger partial charge is 0.267 e. The van der Waals surface area contributed by atoms with Crippen molar-refractivity contribution in [1.29, 1.82) is 0 Å². The zero-order chi connectivity index (χ0) is 12.6. The molecule has 1 fully saturated rings. The van der Waals surface area contributed by atoms with Gasteiger partial charge in [-0.15, -0.1) is 0 Å². The van der Waals surface area contributed by atoms with Gasteiger partial charge in [0.2, 0.25) is 10.0 Å². The molecule has 1 aliphatic rings. The molecule has 0 aromatic carbocycles. The molecule has 1 aromatic rings. The van der Waals surface area contributed by atoms with Gasteiger partial charge >= 0.3 is 0 Å².